The first-order chi connectivity index (χ1) is 10.9. The van der Waals surface area contributed by atoms with Gasteiger partial charge in [0.2, 0.25) is 15.9 Å². The molecule has 1 aliphatic heterocycles. The van der Waals surface area contributed by atoms with Gasteiger partial charge in [0, 0.05) is 37.6 Å². The Morgan fingerprint density at radius 2 is 1.92 bits per heavy atom. The number of sulfonamides is 1. The molecule has 1 aliphatic rings. The zero-order valence-corrected chi connectivity index (χ0v) is 16.0. The summed E-state index contributed by atoms with van der Waals surface area (Å²) in [6, 6.07) is 6.25. The minimum atomic E-state index is -3.55. The third-order valence-electron chi connectivity index (χ3n) is 3.84. The van der Waals surface area contributed by atoms with Crippen molar-refractivity contribution in [2.45, 2.75) is 17.7 Å². The van der Waals surface area contributed by atoms with E-state index in [4.69, 9.17) is 11.6 Å². The van der Waals surface area contributed by atoms with E-state index in [1.54, 1.807) is 17.0 Å². The Morgan fingerprint density at radius 1 is 1.25 bits per heavy atom. The number of carbonyl (C=O) groups excluding carboxylic acids is 1. The summed E-state index contributed by atoms with van der Waals surface area (Å²) in [4.78, 5) is 14.0. The second-order valence-electron chi connectivity index (χ2n) is 5.45. The summed E-state index contributed by atoms with van der Waals surface area (Å²) in [6.45, 7) is 2.28. The van der Waals surface area contributed by atoms with Crippen LogP contribution in [0.4, 0.5) is 0 Å². The van der Waals surface area contributed by atoms with Gasteiger partial charge in [-0.2, -0.15) is 4.31 Å². The van der Waals surface area contributed by atoms with Crippen LogP contribution < -0.4 is 5.32 Å². The van der Waals surface area contributed by atoms with Crippen LogP contribution in [0.15, 0.2) is 29.2 Å². The van der Waals surface area contributed by atoms with Gasteiger partial charge in [-0.3, -0.25) is 4.79 Å². The van der Waals surface area contributed by atoms with Gasteiger partial charge < -0.3 is 10.2 Å². The maximum atomic E-state index is 12.6. The third kappa shape index (κ3) is 5.32. The van der Waals surface area contributed by atoms with Crippen LogP contribution in [0.1, 0.15) is 12.8 Å². The predicted octanol–water partition coefficient (Wildman–Crippen LogP) is 1.59. The molecule has 1 heterocycles. The van der Waals surface area contributed by atoms with E-state index < -0.39 is 10.0 Å². The van der Waals surface area contributed by atoms with E-state index in [9.17, 15) is 13.2 Å². The Labute approximate surface area is 154 Å². The lowest BCUT2D eigenvalue weighted by atomic mass is 10.2. The van der Waals surface area contributed by atoms with E-state index in [0.29, 0.717) is 37.6 Å². The highest BCUT2D eigenvalue weighted by Crippen LogP contribution is 2.21. The summed E-state index contributed by atoms with van der Waals surface area (Å²) in [6.07, 6.45) is 1.28. The van der Waals surface area contributed by atoms with Gasteiger partial charge in [-0.25, -0.2) is 8.42 Å². The largest absolute Gasteiger partial charge is 0.340 e. The van der Waals surface area contributed by atoms with Crippen molar-refractivity contribution in [3.63, 3.8) is 0 Å². The van der Waals surface area contributed by atoms with Gasteiger partial charge in [0.05, 0.1) is 4.90 Å². The fourth-order valence-corrected chi connectivity index (χ4v) is 4.25. The molecule has 0 spiro atoms. The molecule has 24 heavy (non-hydrogen) atoms. The lowest BCUT2D eigenvalue weighted by Crippen LogP contribution is -2.50. The highest BCUT2D eigenvalue weighted by molar-refractivity contribution is 7.89. The third-order valence-corrected chi connectivity index (χ3v) is 5.97. The number of hydrogen-bond donors (Lipinski definition) is 1. The van der Waals surface area contributed by atoms with E-state index in [1.807, 2.05) is 7.05 Å². The smallest absolute Gasteiger partial charge is 0.243 e. The van der Waals surface area contributed by atoms with Crippen molar-refractivity contribution in [2.75, 3.05) is 39.8 Å². The van der Waals surface area contributed by atoms with Gasteiger partial charge in [0.25, 0.3) is 0 Å². The summed E-state index contributed by atoms with van der Waals surface area (Å²) in [5, 5.41) is 3.40. The van der Waals surface area contributed by atoms with Crippen LogP contribution in [0.3, 0.4) is 0 Å². The molecule has 0 aromatic heterocycles. The van der Waals surface area contributed by atoms with Gasteiger partial charge in [-0.15, -0.1) is 12.4 Å². The molecule has 9 heteroatoms. The Balaban J connectivity index is 0.00000288. The first-order valence-corrected chi connectivity index (χ1v) is 9.45. The van der Waals surface area contributed by atoms with Crippen molar-refractivity contribution in [3.05, 3.63) is 29.3 Å². The molecule has 1 fully saturated rings. The number of halogens is 2. The number of rotatable bonds is 6. The minimum Gasteiger partial charge on any atom is -0.340 e. The summed E-state index contributed by atoms with van der Waals surface area (Å²) in [5.74, 6) is 0.0834. The maximum Gasteiger partial charge on any atom is 0.243 e. The molecule has 0 saturated carbocycles. The summed E-state index contributed by atoms with van der Waals surface area (Å²) < 4.78 is 26.6. The number of amides is 1. The van der Waals surface area contributed by atoms with E-state index in [2.05, 4.69) is 5.32 Å². The van der Waals surface area contributed by atoms with Crippen LogP contribution in [0.2, 0.25) is 5.02 Å². The molecular weight excluding hydrogens is 373 g/mol. The highest BCUT2D eigenvalue weighted by atomic mass is 35.5. The van der Waals surface area contributed by atoms with Crippen molar-refractivity contribution in [3.8, 4) is 0 Å². The van der Waals surface area contributed by atoms with Gasteiger partial charge in [0.1, 0.15) is 0 Å². The van der Waals surface area contributed by atoms with Crippen LogP contribution in [-0.4, -0.2) is 63.3 Å². The number of carbonyl (C=O) groups is 1. The fourth-order valence-electron chi connectivity index (χ4n) is 2.53. The molecule has 0 bridgehead atoms. The van der Waals surface area contributed by atoms with Crippen LogP contribution in [0, 0.1) is 0 Å². The molecule has 1 aromatic rings. The second kappa shape index (κ2) is 9.58. The van der Waals surface area contributed by atoms with Crippen molar-refractivity contribution < 1.29 is 13.2 Å². The van der Waals surface area contributed by atoms with Crippen LogP contribution in [0.5, 0.6) is 0 Å². The molecule has 6 nitrogen and oxygen atoms in total. The van der Waals surface area contributed by atoms with Gasteiger partial charge in [0.15, 0.2) is 0 Å². The van der Waals surface area contributed by atoms with Crippen molar-refractivity contribution >= 4 is 39.9 Å². The van der Waals surface area contributed by atoms with Crippen molar-refractivity contribution in [2.24, 2.45) is 0 Å². The highest BCUT2D eigenvalue weighted by Gasteiger charge is 2.29. The molecule has 136 valence electrons. The predicted molar refractivity (Wildman–Crippen MR) is 97.2 cm³/mol. The molecule has 0 unspecified atom stereocenters. The Hall–Kier alpha value is -0.860. The van der Waals surface area contributed by atoms with Crippen LogP contribution >= 0.6 is 24.0 Å². The summed E-state index contributed by atoms with van der Waals surface area (Å²) >= 11 is 5.87. The van der Waals surface area contributed by atoms with E-state index in [0.717, 1.165) is 13.0 Å². The molecule has 1 aromatic carbocycles. The molecule has 1 saturated heterocycles. The first kappa shape index (κ1) is 21.2. The van der Waals surface area contributed by atoms with Crippen LogP contribution in [0.25, 0.3) is 0 Å². The van der Waals surface area contributed by atoms with Gasteiger partial charge in [-0.1, -0.05) is 17.7 Å². The summed E-state index contributed by atoms with van der Waals surface area (Å²) in [5.41, 5.74) is 0. The molecule has 0 atom stereocenters. The van der Waals surface area contributed by atoms with Crippen molar-refractivity contribution in [1.29, 1.82) is 0 Å². The first-order valence-electron chi connectivity index (χ1n) is 7.63. The monoisotopic (exact) mass is 395 g/mol. The minimum absolute atomic E-state index is 0. The molecule has 0 radical (unpaired) electrons. The number of piperazine rings is 1. The number of hydrogen-bond acceptors (Lipinski definition) is 4. The molecule has 1 amide bonds. The van der Waals surface area contributed by atoms with E-state index in [-0.39, 0.29) is 23.2 Å². The fraction of sp³-hybridized carbons (Fsp3) is 0.533. The van der Waals surface area contributed by atoms with Crippen LogP contribution in [-0.2, 0) is 14.8 Å². The quantitative estimate of drug-likeness (QED) is 0.742. The normalized spacial score (nSPS) is 15.8. The van der Waals surface area contributed by atoms with Gasteiger partial charge >= 0.3 is 0 Å². The Kier molecular flexibility index (Phi) is 8.45. The van der Waals surface area contributed by atoms with E-state index >= 15 is 0 Å². The average Bonchev–Trinajstić information content (AvgIpc) is 2.55. The molecular formula is C15H23Cl2N3O3S. The summed E-state index contributed by atoms with van der Waals surface area (Å²) in [7, 11) is -1.70. The topological polar surface area (TPSA) is 69.7 Å². The Bertz CT molecular complexity index is 647. The molecule has 2 rings (SSSR count). The zero-order valence-electron chi connectivity index (χ0n) is 13.6. The second-order valence-corrected chi connectivity index (χ2v) is 7.82. The zero-order chi connectivity index (χ0) is 16.9. The molecule has 0 aliphatic carbocycles. The average molecular weight is 396 g/mol. The van der Waals surface area contributed by atoms with Gasteiger partial charge in [-0.05, 0) is 38.2 Å². The Morgan fingerprint density at radius 3 is 2.50 bits per heavy atom. The lowest BCUT2D eigenvalue weighted by molar-refractivity contribution is -0.132. The number of nitrogens with zero attached hydrogens (tertiary/aromatic N) is 2. The lowest BCUT2D eigenvalue weighted by Gasteiger charge is -2.34. The van der Waals surface area contributed by atoms with Crippen molar-refractivity contribution in [1.82, 2.24) is 14.5 Å². The SMILES string of the molecule is CNCCCC(=O)N1CCN(S(=O)(=O)c2cccc(Cl)c2)CC1.Cl. The standard InChI is InChI=1S/C15H22ClN3O3S.ClH/c1-17-7-3-6-15(20)18-8-10-19(11-9-18)23(21,22)14-5-2-4-13(16)12-14;/h2,4-5,12,17H,3,6-11H2,1H3;1H. The number of nitrogens with one attached hydrogen (secondary N) is 1. The molecule has 1 N–H and O–H groups in total. The van der Waals surface area contributed by atoms with E-state index in [1.165, 1.54) is 16.4 Å². The number of benzene rings is 1. The maximum absolute atomic E-state index is 12.6.